The zero-order valence-corrected chi connectivity index (χ0v) is 13.8. The molecule has 1 aromatic rings. The van der Waals surface area contributed by atoms with Gasteiger partial charge in [-0.05, 0) is 31.4 Å². The molecule has 1 heterocycles. The van der Waals surface area contributed by atoms with E-state index >= 15 is 0 Å². The van der Waals surface area contributed by atoms with Crippen LogP contribution in [0, 0.1) is 5.92 Å². The normalized spacial score (nSPS) is 16.8. The van der Waals surface area contributed by atoms with Crippen LogP contribution >= 0.6 is 0 Å². The number of nitrogens with two attached hydrogens (primary N) is 1. The van der Waals surface area contributed by atoms with Gasteiger partial charge in [-0.1, -0.05) is 30.3 Å². The van der Waals surface area contributed by atoms with Gasteiger partial charge >= 0.3 is 0 Å². The fourth-order valence-corrected chi connectivity index (χ4v) is 2.60. The minimum Gasteiger partial charge on any atom is -0.368 e. The van der Waals surface area contributed by atoms with Crippen molar-refractivity contribution in [3.05, 3.63) is 42.0 Å². The number of amides is 3. The van der Waals surface area contributed by atoms with Crippen LogP contribution < -0.4 is 11.1 Å². The molecule has 1 atom stereocenters. The van der Waals surface area contributed by atoms with E-state index in [-0.39, 0.29) is 17.7 Å². The van der Waals surface area contributed by atoms with E-state index in [1.807, 2.05) is 30.3 Å². The number of hydrogen-bond donors (Lipinski definition) is 2. The van der Waals surface area contributed by atoms with Crippen LogP contribution in [-0.2, 0) is 14.4 Å². The summed E-state index contributed by atoms with van der Waals surface area (Å²) in [5.74, 6) is -0.965. The Morgan fingerprint density at radius 2 is 1.83 bits per heavy atom. The first-order valence-electron chi connectivity index (χ1n) is 8.09. The highest BCUT2D eigenvalue weighted by atomic mass is 16.2. The van der Waals surface area contributed by atoms with Gasteiger partial charge in [0.1, 0.15) is 6.04 Å². The number of likely N-dealkylation sites (tertiary alicyclic amines) is 1. The lowest BCUT2D eigenvalue weighted by atomic mass is 9.95. The summed E-state index contributed by atoms with van der Waals surface area (Å²) in [7, 11) is 0. The smallest absolute Gasteiger partial charge is 0.246 e. The molecule has 1 aliphatic rings. The van der Waals surface area contributed by atoms with Gasteiger partial charge in [-0.15, -0.1) is 0 Å². The Kier molecular flexibility index (Phi) is 6.12. The monoisotopic (exact) mass is 329 g/mol. The summed E-state index contributed by atoms with van der Waals surface area (Å²) in [5.41, 5.74) is 6.12. The van der Waals surface area contributed by atoms with Gasteiger partial charge in [0.2, 0.25) is 17.7 Å². The highest BCUT2D eigenvalue weighted by molar-refractivity contribution is 5.92. The van der Waals surface area contributed by atoms with E-state index in [9.17, 15) is 14.4 Å². The van der Waals surface area contributed by atoms with E-state index in [0.717, 1.165) is 5.56 Å². The summed E-state index contributed by atoms with van der Waals surface area (Å²) in [4.78, 5) is 37.0. The summed E-state index contributed by atoms with van der Waals surface area (Å²) in [6.07, 6.45) is 4.52. The third-order valence-electron chi connectivity index (χ3n) is 4.18. The van der Waals surface area contributed by atoms with Gasteiger partial charge in [-0.2, -0.15) is 0 Å². The van der Waals surface area contributed by atoms with Crippen LogP contribution in [0.4, 0.5) is 0 Å². The fraction of sp³-hybridized carbons (Fsp3) is 0.389. The summed E-state index contributed by atoms with van der Waals surface area (Å²) >= 11 is 0. The topological polar surface area (TPSA) is 92.5 Å². The Hall–Kier alpha value is -2.63. The lowest BCUT2D eigenvalue weighted by molar-refractivity contribution is -0.133. The molecule has 3 amide bonds. The van der Waals surface area contributed by atoms with Gasteiger partial charge in [0.05, 0.1) is 0 Å². The Morgan fingerprint density at radius 3 is 2.42 bits per heavy atom. The van der Waals surface area contributed by atoms with Crippen LogP contribution in [-0.4, -0.2) is 41.8 Å². The number of benzene rings is 1. The van der Waals surface area contributed by atoms with E-state index in [2.05, 4.69) is 5.32 Å². The van der Waals surface area contributed by atoms with Crippen molar-refractivity contribution in [2.24, 2.45) is 11.7 Å². The number of carbonyl (C=O) groups is 3. The van der Waals surface area contributed by atoms with Crippen molar-refractivity contribution in [1.82, 2.24) is 10.2 Å². The average Bonchev–Trinajstić information content (AvgIpc) is 2.60. The number of nitrogens with zero attached hydrogens (tertiary/aromatic N) is 1. The van der Waals surface area contributed by atoms with Gasteiger partial charge in [-0.25, -0.2) is 0 Å². The van der Waals surface area contributed by atoms with E-state index in [1.165, 1.54) is 0 Å². The second kappa shape index (κ2) is 8.29. The highest BCUT2D eigenvalue weighted by Crippen LogP contribution is 2.18. The maximum absolute atomic E-state index is 12.2. The molecule has 1 unspecified atom stereocenters. The number of rotatable bonds is 5. The standard InChI is InChI=1S/C18H23N3O3/c1-13(17(19)23)20-18(24)15-9-11-21(12-10-15)16(22)8-7-14-5-3-2-4-6-14/h2-8,13,15H,9-12H2,1H3,(H2,19,23)(H,20,24). The maximum atomic E-state index is 12.2. The van der Waals surface area contributed by atoms with Crippen LogP contribution in [0.5, 0.6) is 0 Å². The predicted molar refractivity (Wildman–Crippen MR) is 91.6 cm³/mol. The first-order valence-corrected chi connectivity index (χ1v) is 8.09. The molecule has 3 N–H and O–H groups in total. The molecular formula is C18H23N3O3. The second-order valence-electron chi connectivity index (χ2n) is 5.98. The van der Waals surface area contributed by atoms with Gasteiger partial charge < -0.3 is 16.0 Å². The molecule has 6 heteroatoms. The van der Waals surface area contributed by atoms with Crippen molar-refractivity contribution < 1.29 is 14.4 Å². The van der Waals surface area contributed by atoms with Gasteiger partial charge in [0, 0.05) is 25.1 Å². The number of piperidine rings is 1. The molecule has 128 valence electrons. The molecule has 0 aliphatic carbocycles. The van der Waals surface area contributed by atoms with Crippen molar-refractivity contribution in [2.45, 2.75) is 25.8 Å². The Labute approximate surface area is 141 Å². The predicted octanol–water partition coefficient (Wildman–Crippen LogP) is 0.928. The van der Waals surface area contributed by atoms with Crippen molar-refractivity contribution in [3.63, 3.8) is 0 Å². The van der Waals surface area contributed by atoms with Crippen molar-refractivity contribution in [1.29, 1.82) is 0 Å². The largest absolute Gasteiger partial charge is 0.368 e. The highest BCUT2D eigenvalue weighted by Gasteiger charge is 2.27. The van der Waals surface area contributed by atoms with Crippen LogP contribution in [0.15, 0.2) is 36.4 Å². The third-order valence-corrected chi connectivity index (χ3v) is 4.18. The summed E-state index contributed by atoms with van der Waals surface area (Å²) in [6.45, 7) is 2.62. The van der Waals surface area contributed by atoms with Crippen LogP contribution in [0.1, 0.15) is 25.3 Å². The zero-order valence-electron chi connectivity index (χ0n) is 13.8. The molecular weight excluding hydrogens is 306 g/mol. The molecule has 0 saturated carbocycles. The number of hydrogen-bond acceptors (Lipinski definition) is 3. The minimum absolute atomic E-state index is 0.0526. The SMILES string of the molecule is CC(NC(=O)C1CCN(C(=O)C=Cc2ccccc2)CC1)C(N)=O. The van der Waals surface area contributed by atoms with Gasteiger partial charge in [0.15, 0.2) is 0 Å². The molecule has 2 rings (SSSR count). The van der Waals surface area contributed by atoms with Crippen molar-refractivity contribution in [2.75, 3.05) is 13.1 Å². The molecule has 24 heavy (non-hydrogen) atoms. The quantitative estimate of drug-likeness (QED) is 0.787. The molecule has 0 spiro atoms. The molecule has 0 aromatic heterocycles. The van der Waals surface area contributed by atoms with Crippen molar-refractivity contribution in [3.8, 4) is 0 Å². The van der Waals surface area contributed by atoms with E-state index in [4.69, 9.17) is 5.73 Å². The summed E-state index contributed by atoms with van der Waals surface area (Å²) in [6, 6.07) is 8.95. The lowest BCUT2D eigenvalue weighted by Crippen LogP contribution is -2.47. The van der Waals surface area contributed by atoms with E-state index in [0.29, 0.717) is 25.9 Å². The Balaban J connectivity index is 1.81. The van der Waals surface area contributed by atoms with Gasteiger partial charge in [-0.3, -0.25) is 14.4 Å². The summed E-state index contributed by atoms with van der Waals surface area (Å²) < 4.78 is 0. The second-order valence-corrected chi connectivity index (χ2v) is 5.98. The first kappa shape index (κ1) is 17.7. The fourth-order valence-electron chi connectivity index (χ4n) is 2.60. The number of primary amides is 1. The van der Waals surface area contributed by atoms with Crippen LogP contribution in [0.3, 0.4) is 0 Å². The maximum Gasteiger partial charge on any atom is 0.246 e. The van der Waals surface area contributed by atoms with E-state index in [1.54, 1.807) is 24.0 Å². The molecule has 1 saturated heterocycles. The Bertz CT molecular complexity index is 620. The Morgan fingerprint density at radius 1 is 1.21 bits per heavy atom. The molecule has 0 radical (unpaired) electrons. The van der Waals surface area contributed by atoms with E-state index < -0.39 is 11.9 Å². The zero-order chi connectivity index (χ0) is 17.5. The van der Waals surface area contributed by atoms with Gasteiger partial charge in [0.25, 0.3) is 0 Å². The van der Waals surface area contributed by atoms with Crippen LogP contribution in [0.25, 0.3) is 6.08 Å². The molecule has 1 aliphatic heterocycles. The molecule has 1 fully saturated rings. The number of nitrogens with one attached hydrogen (secondary N) is 1. The number of carbonyl (C=O) groups excluding carboxylic acids is 3. The molecule has 1 aromatic carbocycles. The lowest BCUT2D eigenvalue weighted by Gasteiger charge is -2.31. The molecule has 6 nitrogen and oxygen atoms in total. The first-order chi connectivity index (χ1) is 11.5. The molecule has 0 bridgehead atoms. The minimum atomic E-state index is -0.675. The van der Waals surface area contributed by atoms with Crippen molar-refractivity contribution >= 4 is 23.8 Å². The van der Waals surface area contributed by atoms with Crippen LogP contribution in [0.2, 0.25) is 0 Å². The third kappa shape index (κ3) is 4.94. The average molecular weight is 329 g/mol. The summed E-state index contributed by atoms with van der Waals surface area (Å²) in [5, 5.41) is 2.61.